The second-order valence-corrected chi connectivity index (χ2v) is 4.69. The molecule has 0 heterocycles. The first-order chi connectivity index (χ1) is 9.54. The zero-order chi connectivity index (χ0) is 14.5. The number of nitrogens with two attached hydrogens (primary N) is 1. The van der Waals surface area contributed by atoms with Gasteiger partial charge in [0.25, 0.3) is 0 Å². The van der Waals surface area contributed by atoms with Crippen molar-refractivity contribution in [2.24, 2.45) is 5.73 Å². The van der Waals surface area contributed by atoms with Crippen LogP contribution >= 0.6 is 0 Å². The van der Waals surface area contributed by atoms with E-state index in [2.05, 4.69) is 0 Å². The Bertz CT molecular complexity index is 593. The molecule has 3 N–H and O–H groups in total. The lowest BCUT2D eigenvalue weighted by Crippen LogP contribution is -2.14. The third kappa shape index (κ3) is 3.83. The van der Waals surface area contributed by atoms with Gasteiger partial charge in [0.05, 0.1) is 6.42 Å². The van der Waals surface area contributed by atoms with E-state index >= 15 is 0 Å². The van der Waals surface area contributed by atoms with Crippen LogP contribution in [0.2, 0.25) is 0 Å². The molecule has 4 nitrogen and oxygen atoms in total. The molecule has 2 rings (SSSR count). The zero-order valence-corrected chi connectivity index (χ0v) is 11.2. The summed E-state index contributed by atoms with van der Waals surface area (Å²) in [6.45, 7) is 2.01. The van der Waals surface area contributed by atoms with E-state index in [0.29, 0.717) is 5.75 Å². The van der Waals surface area contributed by atoms with Crippen LogP contribution in [-0.2, 0) is 4.79 Å². The van der Waals surface area contributed by atoms with E-state index < -0.39 is 12.0 Å². The monoisotopic (exact) mass is 271 g/mol. The second-order valence-electron chi connectivity index (χ2n) is 4.69. The Morgan fingerprint density at radius 3 is 2.55 bits per heavy atom. The van der Waals surface area contributed by atoms with Gasteiger partial charge in [-0.25, -0.2) is 0 Å². The van der Waals surface area contributed by atoms with E-state index in [9.17, 15) is 4.79 Å². The van der Waals surface area contributed by atoms with Crippen molar-refractivity contribution in [2.75, 3.05) is 0 Å². The van der Waals surface area contributed by atoms with Gasteiger partial charge < -0.3 is 15.6 Å². The van der Waals surface area contributed by atoms with Crippen molar-refractivity contribution >= 4 is 5.97 Å². The van der Waals surface area contributed by atoms with Gasteiger partial charge in [-0.2, -0.15) is 0 Å². The second kappa shape index (κ2) is 6.21. The number of ether oxygens (including phenoxy) is 1. The summed E-state index contributed by atoms with van der Waals surface area (Å²) in [4.78, 5) is 10.7. The Hall–Kier alpha value is -2.33. The SMILES string of the molecule is Cc1ccc(Oc2cccc(C(N)CC(=O)O)c2)cc1. The zero-order valence-electron chi connectivity index (χ0n) is 11.2. The maximum Gasteiger partial charge on any atom is 0.305 e. The number of carboxylic acid groups (broad SMARTS) is 1. The molecule has 0 bridgehead atoms. The van der Waals surface area contributed by atoms with E-state index in [4.69, 9.17) is 15.6 Å². The lowest BCUT2D eigenvalue weighted by molar-refractivity contribution is -0.137. The van der Waals surface area contributed by atoms with Crippen molar-refractivity contribution in [3.8, 4) is 11.5 Å². The number of benzene rings is 2. The summed E-state index contributed by atoms with van der Waals surface area (Å²) < 4.78 is 5.73. The molecule has 0 aliphatic heterocycles. The highest BCUT2D eigenvalue weighted by Crippen LogP contribution is 2.25. The van der Waals surface area contributed by atoms with E-state index in [-0.39, 0.29) is 6.42 Å². The number of carboxylic acids is 1. The number of rotatable bonds is 5. The van der Waals surface area contributed by atoms with Gasteiger partial charge in [0, 0.05) is 6.04 Å². The number of hydrogen-bond donors (Lipinski definition) is 2. The van der Waals surface area contributed by atoms with Crippen LogP contribution in [0.15, 0.2) is 48.5 Å². The van der Waals surface area contributed by atoms with E-state index in [1.54, 1.807) is 18.2 Å². The third-order valence-electron chi connectivity index (χ3n) is 2.94. The molecule has 0 aromatic heterocycles. The summed E-state index contributed by atoms with van der Waals surface area (Å²) in [5.41, 5.74) is 7.75. The van der Waals surface area contributed by atoms with Crippen LogP contribution in [0.4, 0.5) is 0 Å². The van der Waals surface area contributed by atoms with E-state index in [0.717, 1.165) is 16.9 Å². The van der Waals surface area contributed by atoms with E-state index in [1.807, 2.05) is 37.3 Å². The van der Waals surface area contributed by atoms with Gasteiger partial charge in [0.15, 0.2) is 0 Å². The van der Waals surface area contributed by atoms with Crippen LogP contribution in [0.5, 0.6) is 11.5 Å². The van der Waals surface area contributed by atoms with Crippen molar-refractivity contribution in [1.29, 1.82) is 0 Å². The van der Waals surface area contributed by atoms with Crippen LogP contribution in [-0.4, -0.2) is 11.1 Å². The average molecular weight is 271 g/mol. The predicted octanol–water partition coefficient (Wildman–Crippen LogP) is 3.26. The van der Waals surface area contributed by atoms with Gasteiger partial charge in [-0.1, -0.05) is 29.8 Å². The number of aryl methyl sites for hydroxylation is 1. The minimum absolute atomic E-state index is 0.103. The minimum Gasteiger partial charge on any atom is -0.481 e. The molecule has 1 unspecified atom stereocenters. The normalized spacial score (nSPS) is 11.9. The maximum absolute atomic E-state index is 10.7. The summed E-state index contributed by atoms with van der Waals surface area (Å²) in [5.74, 6) is 0.467. The first kappa shape index (κ1) is 14.1. The fourth-order valence-electron chi connectivity index (χ4n) is 1.86. The summed E-state index contributed by atoms with van der Waals surface area (Å²) in [6, 6.07) is 14.4. The topological polar surface area (TPSA) is 72.5 Å². The van der Waals surface area contributed by atoms with Gasteiger partial charge in [0.2, 0.25) is 0 Å². The highest BCUT2D eigenvalue weighted by atomic mass is 16.5. The fourth-order valence-corrected chi connectivity index (χ4v) is 1.86. The Balaban J connectivity index is 2.13. The molecule has 4 heteroatoms. The molecule has 0 aliphatic rings. The molecule has 104 valence electrons. The van der Waals surface area contributed by atoms with E-state index in [1.165, 1.54) is 0 Å². The van der Waals surface area contributed by atoms with Gasteiger partial charge >= 0.3 is 5.97 Å². The maximum atomic E-state index is 10.7. The molecule has 2 aromatic rings. The lowest BCUT2D eigenvalue weighted by atomic mass is 10.0. The summed E-state index contributed by atoms with van der Waals surface area (Å²) in [6.07, 6.45) is -0.103. The van der Waals surface area contributed by atoms with Crippen LogP contribution in [0.25, 0.3) is 0 Å². The highest BCUT2D eigenvalue weighted by Gasteiger charge is 2.11. The van der Waals surface area contributed by atoms with Crippen molar-refractivity contribution in [3.63, 3.8) is 0 Å². The Morgan fingerprint density at radius 1 is 1.20 bits per heavy atom. The molecule has 1 atom stereocenters. The Labute approximate surface area is 117 Å². The quantitative estimate of drug-likeness (QED) is 0.875. The number of aliphatic carboxylic acids is 1. The predicted molar refractivity (Wildman–Crippen MR) is 76.9 cm³/mol. The molecule has 0 radical (unpaired) electrons. The van der Waals surface area contributed by atoms with Crippen molar-refractivity contribution in [1.82, 2.24) is 0 Å². The number of carbonyl (C=O) groups is 1. The van der Waals surface area contributed by atoms with Crippen molar-refractivity contribution < 1.29 is 14.6 Å². The molecule has 0 amide bonds. The van der Waals surface area contributed by atoms with Gasteiger partial charge in [-0.05, 0) is 36.8 Å². The lowest BCUT2D eigenvalue weighted by Gasteiger charge is -2.12. The standard InChI is InChI=1S/C16H17NO3/c1-11-5-7-13(8-6-11)20-14-4-2-3-12(9-14)15(17)10-16(18)19/h2-9,15H,10,17H2,1H3,(H,18,19). The highest BCUT2D eigenvalue weighted by molar-refractivity contribution is 5.67. The third-order valence-corrected chi connectivity index (χ3v) is 2.94. The van der Waals surface area contributed by atoms with Crippen molar-refractivity contribution in [3.05, 3.63) is 59.7 Å². The summed E-state index contributed by atoms with van der Waals surface area (Å²) in [5, 5.41) is 8.76. The molecular formula is C16H17NO3. The fraction of sp³-hybridized carbons (Fsp3) is 0.188. The molecule has 0 saturated carbocycles. The molecule has 0 aliphatic carbocycles. The molecular weight excluding hydrogens is 254 g/mol. The van der Waals surface area contributed by atoms with Crippen LogP contribution in [0, 0.1) is 6.92 Å². The molecule has 20 heavy (non-hydrogen) atoms. The van der Waals surface area contributed by atoms with Crippen LogP contribution in [0.3, 0.4) is 0 Å². The molecule has 0 spiro atoms. The van der Waals surface area contributed by atoms with Crippen LogP contribution in [0.1, 0.15) is 23.6 Å². The van der Waals surface area contributed by atoms with Gasteiger partial charge in [-0.15, -0.1) is 0 Å². The molecule has 0 saturated heterocycles. The van der Waals surface area contributed by atoms with Gasteiger partial charge in [0.1, 0.15) is 11.5 Å². The smallest absolute Gasteiger partial charge is 0.305 e. The van der Waals surface area contributed by atoms with Crippen molar-refractivity contribution in [2.45, 2.75) is 19.4 Å². The average Bonchev–Trinajstić information content (AvgIpc) is 2.41. The number of hydrogen-bond acceptors (Lipinski definition) is 3. The Kier molecular flexibility index (Phi) is 4.38. The summed E-state index contributed by atoms with van der Waals surface area (Å²) >= 11 is 0. The largest absolute Gasteiger partial charge is 0.481 e. The Morgan fingerprint density at radius 2 is 1.90 bits per heavy atom. The first-order valence-corrected chi connectivity index (χ1v) is 6.36. The molecule has 2 aromatic carbocycles. The molecule has 0 fully saturated rings. The first-order valence-electron chi connectivity index (χ1n) is 6.36. The summed E-state index contributed by atoms with van der Waals surface area (Å²) in [7, 11) is 0. The van der Waals surface area contributed by atoms with Crippen LogP contribution < -0.4 is 10.5 Å². The minimum atomic E-state index is -0.914. The van der Waals surface area contributed by atoms with Gasteiger partial charge in [-0.3, -0.25) is 4.79 Å².